The van der Waals surface area contributed by atoms with Gasteiger partial charge in [-0.2, -0.15) is 0 Å². The lowest BCUT2D eigenvalue weighted by atomic mass is 10.1. The van der Waals surface area contributed by atoms with Crippen LogP contribution in [0.2, 0.25) is 5.02 Å². The summed E-state index contributed by atoms with van der Waals surface area (Å²) in [7, 11) is 0. The molecular formula is C18H22ClNO. The van der Waals surface area contributed by atoms with Gasteiger partial charge in [-0.05, 0) is 57.5 Å². The van der Waals surface area contributed by atoms with Crippen LogP contribution in [-0.4, -0.2) is 5.54 Å². The van der Waals surface area contributed by atoms with Crippen LogP contribution < -0.4 is 10.1 Å². The average molecular weight is 304 g/mol. The summed E-state index contributed by atoms with van der Waals surface area (Å²) in [5, 5.41) is 4.07. The second-order valence-electron chi connectivity index (χ2n) is 6.28. The Kier molecular flexibility index (Phi) is 4.92. The number of aryl methyl sites for hydroxylation is 1. The lowest BCUT2D eigenvalue weighted by Gasteiger charge is -2.20. The number of hydrogen-bond donors (Lipinski definition) is 1. The van der Waals surface area contributed by atoms with Crippen molar-refractivity contribution in [3.05, 3.63) is 58.6 Å². The van der Waals surface area contributed by atoms with E-state index >= 15 is 0 Å². The Morgan fingerprint density at radius 3 is 2.29 bits per heavy atom. The molecule has 0 unspecified atom stereocenters. The summed E-state index contributed by atoms with van der Waals surface area (Å²) in [5.41, 5.74) is 2.44. The van der Waals surface area contributed by atoms with Gasteiger partial charge in [-0.25, -0.2) is 0 Å². The van der Waals surface area contributed by atoms with Crippen LogP contribution in [0.5, 0.6) is 11.5 Å². The molecule has 0 fully saturated rings. The van der Waals surface area contributed by atoms with Crippen LogP contribution >= 0.6 is 11.6 Å². The minimum atomic E-state index is 0.0869. The first-order valence-electron chi connectivity index (χ1n) is 7.11. The van der Waals surface area contributed by atoms with Crippen molar-refractivity contribution < 1.29 is 4.74 Å². The van der Waals surface area contributed by atoms with Gasteiger partial charge in [0.2, 0.25) is 0 Å². The van der Waals surface area contributed by atoms with Crippen molar-refractivity contribution in [2.24, 2.45) is 0 Å². The third kappa shape index (κ3) is 5.07. The third-order valence-corrected chi connectivity index (χ3v) is 3.36. The van der Waals surface area contributed by atoms with E-state index < -0.39 is 0 Å². The summed E-state index contributed by atoms with van der Waals surface area (Å²) in [4.78, 5) is 0. The van der Waals surface area contributed by atoms with Crippen LogP contribution in [0.1, 0.15) is 31.9 Å². The summed E-state index contributed by atoms with van der Waals surface area (Å²) >= 11 is 6.31. The molecule has 0 amide bonds. The quantitative estimate of drug-likeness (QED) is 0.824. The highest BCUT2D eigenvalue weighted by molar-refractivity contribution is 6.32. The van der Waals surface area contributed by atoms with E-state index in [4.69, 9.17) is 16.3 Å². The number of hydrogen-bond acceptors (Lipinski definition) is 2. The first-order chi connectivity index (χ1) is 9.83. The molecule has 2 rings (SSSR count). The van der Waals surface area contributed by atoms with Crippen molar-refractivity contribution >= 4 is 11.6 Å². The van der Waals surface area contributed by atoms with Crippen LogP contribution in [0.15, 0.2) is 42.5 Å². The molecular weight excluding hydrogens is 282 g/mol. The molecule has 0 aliphatic heterocycles. The van der Waals surface area contributed by atoms with Crippen LogP contribution in [0, 0.1) is 6.92 Å². The summed E-state index contributed by atoms with van der Waals surface area (Å²) in [6.07, 6.45) is 0. The normalized spacial score (nSPS) is 11.5. The number of halogens is 1. The molecule has 0 saturated heterocycles. The minimum absolute atomic E-state index is 0.0869. The van der Waals surface area contributed by atoms with Crippen molar-refractivity contribution in [3.8, 4) is 11.5 Å². The van der Waals surface area contributed by atoms with Crippen LogP contribution in [0.3, 0.4) is 0 Å². The van der Waals surface area contributed by atoms with Gasteiger partial charge >= 0.3 is 0 Å². The zero-order valence-corrected chi connectivity index (χ0v) is 13.8. The minimum Gasteiger partial charge on any atom is -0.456 e. The largest absolute Gasteiger partial charge is 0.456 e. The number of ether oxygens (including phenoxy) is 1. The molecule has 2 aromatic carbocycles. The Morgan fingerprint density at radius 2 is 1.71 bits per heavy atom. The van der Waals surface area contributed by atoms with Gasteiger partial charge in [0, 0.05) is 12.1 Å². The van der Waals surface area contributed by atoms with Crippen molar-refractivity contribution in [1.29, 1.82) is 0 Å². The molecule has 0 aromatic heterocycles. The Balaban J connectivity index is 2.07. The maximum absolute atomic E-state index is 6.31. The predicted octanol–water partition coefficient (Wildman–Crippen LogP) is 5.33. The van der Waals surface area contributed by atoms with E-state index in [0.29, 0.717) is 10.8 Å². The molecule has 0 bridgehead atoms. The first kappa shape index (κ1) is 15.9. The van der Waals surface area contributed by atoms with Crippen molar-refractivity contribution in [1.82, 2.24) is 5.32 Å². The molecule has 0 saturated carbocycles. The van der Waals surface area contributed by atoms with Crippen LogP contribution in [0.25, 0.3) is 0 Å². The lowest BCUT2D eigenvalue weighted by Crippen LogP contribution is -2.35. The molecule has 0 radical (unpaired) electrons. The van der Waals surface area contributed by atoms with E-state index in [1.165, 1.54) is 5.56 Å². The molecule has 2 nitrogen and oxygen atoms in total. The van der Waals surface area contributed by atoms with Gasteiger partial charge in [-0.3, -0.25) is 0 Å². The van der Waals surface area contributed by atoms with Gasteiger partial charge in [0.1, 0.15) is 11.5 Å². The maximum atomic E-state index is 6.31. The molecule has 0 aliphatic rings. The molecule has 0 heterocycles. The number of benzene rings is 2. The summed E-state index contributed by atoms with van der Waals surface area (Å²) in [6.45, 7) is 9.26. The molecule has 3 heteroatoms. The monoisotopic (exact) mass is 303 g/mol. The standard InChI is InChI=1S/C18H22ClNO/c1-13-5-8-15(9-6-13)21-17-10-7-14(11-16(17)19)12-20-18(2,3)4/h5-11,20H,12H2,1-4H3. The number of nitrogens with one attached hydrogen (secondary N) is 1. The van der Waals surface area contributed by atoms with Crippen LogP contribution in [-0.2, 0) is 6.54 Å². The van der Waals surface area contributed by atoms with Gasteiger partial charge in [0.05, 0.1) is 5.02 Å². The summed E-state index contributed by atoms with van der Waals surface area (Å²) < 4.78 is 5.81. The topological polar surface area (TPSA) is 21.3 Å². The predicted molar refractivity (Wildman–Crippen MR) is 89.3 cm³/mol. The zero-order chi connectivity index (χ0) is 15.5. The smallest absolute Gasteiger partial charge is 0.146 e. The molecule has 0 spiro atoms. The zero-order valence-electron chi connectivity index (χ0n) is 13.0. The summed E-state index contributed by atoms with van der Waals surface area (Å²) in [5.74, 6) is 1.48. The van der Waals surface area contributed by atoms with E-state index in [2.05, 4.69) is 26.1 Å². The van der Waals surface area contributed by atoms with Gasteiger partial charge in [0.15, 0.2) is 0 Å². The number of rotatable bonds is 4. The molecule has 21 heavy (non-hydrogen) atoms. The highest BCUT2D eigenvalue weighted by Crippen LogP contribution is 2.30. The fraction of sp³-hybridized carbons (Fsp3) is 0.333. The lowest BCUT2D eigenvalue weighted by molar-refractivity contribution is 0.424. The van der Waals surface area contributed by atoms with E-state index in [1.807, 2.05) is 49.4 Å². The van der Waals surface area contributed by atoms with Crippen molar-refractivity contribution in [2.75, 3.05) is 0 Å². The van der Waals surface area contributed by atoms with E-state index in [-0.39, 0.29) is 5.54 Å². The van der Waals surface area contributed by atoms with Crippen molar-refractivity contribution in [2.45, 2.75) is 39.8 Å². The average Bonchev–Trinajstić information content (AvgIpc) is 2.41. The summed E-state index contributed by atoms with van der Waals surface area (Å²) in [6, 6.07) is 13.8. The highest BCUT2D eigenvalue weighted by atomic mass is 35.5. The van der Waals surface area contributed by atoms with Gasteiger partial charge < -0.3 is 10.1 Å². The molecule has 112 valence electrons. The molecule has 2 aromatic rings. The Hall–Kier alpha value is -1.51. The maximum Gasteiger partial charge on any atom is 0.146 e. The van der Waals surface area contributed by atoms with Gasteiger partial charge in [-0.1, -0.05) is 35.4 Å². The Labute approximate surface area is 132 Å². The fourth-order valence-corrected chi connectivity index (χ4v) is 2.08. The SMILES string of the molecule is Cc1ccc(Oc2ccc(CNC(C)(C)C)cc2Cl)cc1. The van der Waals surface area contributed by atoms with Gasteiger partial charge in [0.25, 0.3) is 0 Å². The van der Waals surface area contributed by atoms with Crippen LogP contribution in [0.4, 0.5) is 0 Å². The second-order valence-corrected chi connectivity index (χ2v) is 6.69. The molecule has 1 N–H and O–H groups in total. The molecule has 0 aliphatic carbocycles. The second kappa shape index (κ2) is 6.50. The van der Waals surface area contributed by atoms with E-state index in [9.17, 15) is 0 Å². The highest BCUT2D eigenvalue weighted by Gasteiger charge is 2.10. The van der Waals surface area contributed by atoms with Gasteiger partial charge in [-0.15, -0.1) is 0 Å². The van der Waals surface area contributed by atoms with E-state index in [0.717, 1.165) is 17.9 Å². The third-order valence-electron chi connectivity index (χ3n) is 3.07. The molecule has 0 atom stereocenters. The Morgan fingerprint density at radius 1 is 1.05 bits per heavy atom. The Bertz CT molecular complexity index is 600. The first-order valence-corrected chi connectivity index (χ1v) is 7.49. The van der Waals surface area contributed by atoms with Crippen molar-refractivity contribution in [3.63, 3.8) is 0 Å². The van der Waals surface area contributed by atoms with E-state index in [1.54, 1.807) is 0 Å². The fourth-order valence-electron chi connectivity index (χ4n) is 1.84.